The number of aromatic nitrogens is 3. The van der Waals surface area contributed by atoms with Crippen molar-refractivity contribution in [1.29, 1.82) is 0 Å². The quantitative estimate of drug-likeness (QED) is 0.710. The monoisotopic (exact) mass is 377 g/mol. The highest BCUT2D eigenvalue weighted by Gasteiger charge is 2.22. The molecular weight excluding hydrogens is 356 g/mol. The second kappa shape index (κ2) is 7.21. The van der Waals surface area contributed by atoms with E-state index >= 15 is 0 Å². The fraction of sp³-hybridized carbons (Fsp3) is 0.278. The van der Waals surface area contributed by atoms with Gasteiger partial charge in [0.05, 0.1) is 18.5 Å². The van der Waals surface area contributed by atoms with E-state index in [0.717, 1.165) is 9.42 Å². The van der Waals surface area contributed by atoms with Gasteiger partial charge in [0.2, 0.25) is 0 Å². The first-order chi connectivity index (χ1) is 13.7. The molecule has 0 saturated carbocycles. The topological polar surface area (TPSA) is 80.0 Å². The Morgan fingerprint density at radius 2 is 2.15 bits per heavy atom. The van der Waals surface area contributed by atoms with Gasteiger partial charge in [0.15, 0.2) is 16.5 Å². The Balaban J connectivity index is 2.18. The van der Waals surface area contributed by atoms with Crippen LogP contribution in [0.2, 0.25) is 5.15 Å². The highest BCUT2D eigenvalue weighted by Crippen LogP contribution is 2.27. The number of aromatic carboxylic acids is 1. The Morgan fingerprint density at radius 1 is 1.42 bits per heavy atom. The van der Waals surface area contributed by atoms with Crippen LogP contribution in [0.4, 0.5) is 5.69 Å². The SMILES string of the molecule is [2H]C([2H])([2H])N(Cc1ccc(OC)cc1)c1cc(Cl)nn2c(C(=O)O)c(CC)nc12. The minimum absolute atomic E-state index is 0.0211. The average molecular weight is 378 g/mol. The van der Waals surface area contributed by atoms with Crippen molar-refractivity contribution in [3.8, 4) is 5.75 Å². The lowest BCUT2D eigenvalue weighted by molar-refractivity contribution is 0.0686. The van der Waals surface area contributed by atoms with Crippen molar-refractivity contribution in [3.63, 3.8) is 0 Å². The summed E-state index contributed by atoms with van der Waals surface area (Å²) >= 11 is 6.11. The molecule has 0 radical (unpaired) electrons. The number of fused-ring (bicyclic) bond motifs is 1. The molecule has 3 rings (SSSR count). The molecule has 0 saturated heterocycles. The lowest BCUT2D eigenvalue weighted by Crippen LogP contribution is -2.18. The predicted octanol–water partition coefficient (Wildman–Crippen LogP) is 3.29. The smallest absolute Gasteiger partial charge is 0.356 e. The average Bonchev–Trinajstić information content (AvgIpc) is 3.03. The third-order valence-electron chi connectivity index (χ3n) is 3.94. The lowest BCUT2D eigenvalue weighted by atomic mass is 10.2. The maximum Gasteiger partial charge on any atom is 0.356 e. The number of halogens is 1. The van der Waals surface area contributed by atoms with Gasteiger partial charge in [-0.1, -0.05) is 30.7 Å². The van der Waals surface area contributed by atoms with Gasteiger partial charge in [-0.3, -0.25) is 0 Å². The van der Waals surface area contributed by atoms with E-state index in [-0.39, 0.29) is 28.7 Å². The summed E-state index contributed by atoms with van der Waals surface area (Å²) in [4.78, 5) is 17.2. The molecular formula is C18H19ClN4O3. The molecule has 1 N–H and O–H groups in total. The Labute approximate surface area is 160 Å². The fourth-order valence-corrected chi connectivity index (χ4v) is 2.86. The molecule has 0 aliphatic rings. The number of hydrogen-bond donors (Lipinski definition) is 1. The van der Waals surface area contributed by atoms with Crippen LogP contribution in [0.5, 0.6) is 5.75 Å². The van der Waals surface area contributed by atoms with Gasteiger partial charge in [0, 0.05) is 23.7 Å². The molecule has 1 aromatic carbocycles. The number of hydrogen-bond acceptors (Lipinski definition) is 5. The first kappa shape index (κ1) is 14.4. The number of rotatable bonds is 6. The lowest BCUT2D eigenvalue weighted by Gasteiger charge is -2.20. The second-order valence-electron chi connectivity index (χ2n) is 5.59. The number of nitrogens with zero attached hydrogens (tertiary/aromatic N) is 4. The maximum absolute atomic E-state index is 11.7. The number of carbonyl (C=O) groups is 1. The van der Waals surface area contributed by atoms with Gasteiger partial charge in [-0.25, -0.2) is 14.3 Å². The van der Waals surface area contributed by atoms with E-state index in [4.69, 9.17) is 20.5 Å². The molecule has 8 heteroatoms. The van der Waals surface area contributed by atoms with Crippen LogP contribution < -0.4 is 9.64 Å². The van der Waals surface area contributed by atoms with Gasteiger partial charge in [0.25, 0.3) is 0 Å². The van der Waals surface area contributed by atoms with Crippen LogP contribution in [0, 0.1) is 0 Å². The molecule has 0 fully saturated rings. The molecule has 2 heterocycles. The Morgan fingerprint density at radius 3 is 2.73 bits per heavy atom. The molecule has 3 aromatic rings. The number of carboxylic acid groups (broad SMARTS) is 1. The number of aryl methyl sites for hydroxylation is 1. The molecule has 0 aliphatic heterocycles. The van der Waals surface area contributed by atoms with Crippen molar-refractivity contribution < 1.29 is 18.8 Å². The van der Waals surface area contributed by atoms with Crippen LogP contribution >= 0.6 is 11.6 Å². The van der Waals surface area contributed by atoms with E-state index in [0.29, 0.717) is 23.4 Å². The normalized spacial score (nSPS) is 13.1. The summed E-state index contributed by atoms with van der Waals surface area (Å²) in [5, 5.41) is 13.6. The zero-order valence-electron chi connectivity index (χ0n) is 17.2. The van der Waals surface area contributed by atoms with Crippen molar-refractivity contribution in [1.82, 2.24) is 14.6 Å². The largest absolute Gasteiger partial charge is 0.497 e. The third kappa shape index (κ3) is 3.30. The maximum atomic E-state index is 11.7. The molecule has 2 aromatic heterocycles. The summed E-state index contributed by atoms with van der Waals surface area (Å²) in [6.07, 6.45) is 0.342. The number of imidazole rings is 1. The van der Waals surface area contributed by atoms with Gasteiger partial charge in [-0.2, -0.15) is 5.10 Å². The Hall–Kier alpha value is -2.80. The van der Waals surface area contributed by atoms with Crippen LogP contribution in [0.1, 0.15) is 32.8 Å². The Kier molecular flexibility index (Phi) is 3.99. The van der Waals surface area contributed by atoms with E-state index in [9.17, 15) is 9.90 Å². The first-order valence-corrected chi connectivity index (χ1v) is 8.25. The summed E-state index contributed by atoms with van der Waals surface area (Å²) in [7, 11) is 1.54. The van der Waals surface area contributed by atoms with Crippen LogP contribution in [-0.2, 0) is 13.0 Å². The minimum Gasteiger partial charge on any atom is -0.497 e. The van der Waals surface area contributed by atoms with E-state index in [1.165, 1.54) is 6.07 Å². The highest BCUT2D eigenvalue weighted by molar-refractivity contribution is 6.29. The second-order valence-corrected chi connectivity index (χ2v) is 5.97. The third-order valence-corrected chi connectivity index (χ3v) is 4.12. The molecule has 0 bridgehead atoms. The molecule has 7 nitrogen and oxygen atoms in total. The highest BCUT2D eigenvalue weighted by atomic mass is 35.5. The summed E-state index contributed by atoms with van der Waals surface area (Å²) in [6, 6.07) is 8.35. The molecule has 0 aliphatic carbocycles. The van der Waals surface area contributed by atoms with E-state index < -0.39 is 12.9 Å². The number of carboxylic acids is 1. The van der Waals surface area contributed by atoms with Crippen molar-refractivity contribution in [2.45, 2.75) is 19.9 Å². The van der Waals surface area contributed by atoms with Gasteiger partial charge in [0.1, 0.15) is 5.75 Å². The van der Waals surface area contributed by atoms with Crippen LogP contribution in [0.3, 0.4) is 0 Å². The van der Waals surface area contributed by atoms with Crippen molar-refractivity contribution in [2.24, 2.45) is 0 Å². The van der Waals surface area contributed by atoms with E-state index in [1.807, 2.05) is 0 Å². The zero-order valence-corrected chi connectivity index (χ0v) is 15.0. The van der Waals surface area contributed by atoms with Gasteiger partial charge < -0.3 is 14.7 Å². The first-order valence-electron chi connectivity index (χ1n) is 9.37. The Bertz CT molecular complexity index is 1050. The number of anilines is 1. The molecule has 26 heavy (non-hydrogen) atoms. The van der Waals surface area contributed by atoms with Crippen molar-refractivity contribution >= 4 is 28.9 Å². The molecule has 136 valence electrons. The molecule has 0 unspecified atom stereocenters. The summed E-state index contributed by atoms with van der Waals surface area (Å²) in [5.41, 5.74) is 1.16. The number of ether oxygens (including phenoxy) is 1. The van der Waals surface area contributed by atoms with E-state index in [1.54, 1.807) is 38.3 Å². The predicted molar refractivity (Wildman–Crippen MR) is 99.4 cm³/mol. The summed E-state index contributed by atoms with van der Waals surface area (Å²) in [5.74, 6) is -0.568. The fourth-order valence-electron chi connectivity index (χ4n) is 2.68. The number of methoxy groups -OCH3 is 1. The van der Waals surface area contributed by atoms with Gasteiger partial charge >= 0.3 is 5.97 Å². The molecule has 0 atom stereocenters. The molecule has 0 spiro atoms. The van der Waals surface area contributed by atoms with Gasteiger partial charge in [-0.05, 0) is 24.1 Å². The van der Waals surface area contributed by atoms with Crippen molar-refractivity contribution in [3.05, 3.63) is 52.4 Å². The van der Waals surface area contributed by atoms with Crippen LogP contribution in [-0.4, -0.2) is 39.8 Å². The standard InChI is InChI=1S/C18H19ClN4O3/c1-4-13-16(18(24)25)23-17(20-13)14(9-15(19)21-23)22(2)10-11-5-7-12(26-3)8-6-11/h5-9H,4,10H2,1-3H3,(H,24,25)/i2D3. The van der Waals surface area contributed by atoms with Gasteiger partial charge in [-0.15, -0.1) is 0 Å². The summed E-state index contributed by atoms with van der Waals surface area (Å²) < 4.78 is 30.2. The zero-order chi connectivity index (χ0) is 21.3. The van der Waals surface area contributed by atoms with Crippen LogP contribution in [0.25, 0.3) is 5.65 Å². The molecule has 0 amide bonds. The number of benzene rings is 1. The summed E-state index contributed by atoms with van der Waals surface area (Å²) in [6.45, 7) is -0.756. The van der Waals surface area contributed by atoms with E-state index in [2.05, 4.69) is 10.1 Å². The van der Waals surface area contributed by atoms with Crippen molar-refractivity contribution in [2.75, 3.05) is 19.0 Å². The minimum atomic E-state index is -2.53. The van der Waals surface area contributed by atoms with Crippen LogP contribution in [0.15, 0.2) is 30.3 Å².